The second kappa shape index (κ2) is 14.7. The van der Waals surface area contributed by atoms with Crippen LogP contribution in [0.4, 0.5) is 17.1 Å². The molecule has 0 N–H and O–H groups in total. The van der Waals surface area contributed by atoms with Crippen molar-refractivity contribution in [1.29, 1.82) is 0 Å². The number of benzene rings is 10. The quantitative estimate of drug-likeness (QED) is 0.159. The summed E-state index contributed by atoms with van der Waals surface area (Å²) in [5, 5.41) is 7.31. The lowest BCUT2D eigenvalue weighted by atomic mass is 10.00. The third-order valence-electron chi connectivity index (χ3n) is 12.8. The minimum atomic E-state index is 0.892. The molecule has 13 aromatic rings. The molecule has 0 aliphatic carbocycles. The van der Waals surface area contributed by atoms with E-state index in [1.54, 1.807) is 0 Å². The van der Waals surface area contributed by atoms with Gasteiger partial charge in [-0.1, -0.05) is 152 Å². The Morgan fingerprint density at radius 2 is 0.938 bits per heavy atom. The second-order valence-corrected chi connectivity index (χ2v) is 17.5. The van der Waals surface area contributed by atoms with Gasteiger partial charge < -0.3 is 13.9 Å². The first-order chi connectivity index (χ1) is 31.7. The molecule has 0 fully saturated rings. The fourth-order valence-corrected chi connectivity index (χ4v) is 11.0. The van der Waals surface area contributed by atoms with Gasteiger partial charge in [-0.15, -0.1) is 11.3 Å². The topological polar surface area (TPSA) is 21.3 Å². The maximum absolute atomic E-state index is 6.52. The SMILES string of the molecule is c1ccc(-c2cccc3c2oc2ccc(-c4ccc(N(c5ccc(-c6cccc(-n7c8ccccc8c8ccccc87)c6)cc5)c5cccc6sc7ccccc7c56)cc4)cc23)cc1. The Morgan fingerprint density at radius 3 is 1.67 bits per heavy atom. The molecule has 3 heterocycles. The van der Waals surface area contributed by atoms with Crippen LogP contribution >= 0.6 is 11.3 Å². The number of fused-ring (bicyclic) bond motifs is 9. The van der Waals surface area contributed by atoms with Gasteiger partial charge in [-0.05, 0) is 107 Å². The second-order valence-electron chi connectivity index (χ2n) is 16.5. The molecule has 3 aromatic heterocycles. The Bertz CT molecular complexity index is 3840. The number of hydrogen-bond acceptors (Lipinski definition) is 3. The number of rotatable bonds is 7. The van der Waals surface area contributed by atoms with Gasteiger partial charge in [0.15, 0.2) is 0 Å². The number of para-hydroxylation sites is 3. The van der Waals surface area contributed by atoms with Crippen molar-refractivity contribution in [3.8, 4) is 39.1 Å². The standard InChI is InChI=1S/C60H38N2OS/c1-2-13-41(14-3-1)47-20-11-21-50-52-38-43(31-36-56(52)63-60(47)50)40-29-34-45(35-30-40)61(55-24-12-26-58-59(55)51-19-6-9-25-57(51)64-58)44-32-27-39(28-33-44)42-15-10-16-46(37-42)62-53-22-7-4-17-48(53)49-18-5-8-23-54(49)62/h1-38H. The number of thiophene rings is 1. The Hall–Kier alpha value is -8.18. The summed E-state index contributed by atoms with van der Waals surface area (Å²) in [7, 11) is 0. The summed E-state index contributed by atoms with van der Waals surface area (Å²) < 4.78 is 11.5. The molecule has 3 nitrogen and oxygen atoms in total. The summed E-state index contributed by atoms with van der Waals surface area (Å²) in [4.78, 5) is 2.42. The zero-order chi connectivity index (χ0) is 42.1. The highest BCUT2D eigenvalue weighted by molar-refractivity contribution is 7.26. The van der Waals surface area contributed by atoms with E-state index in [2.05, 4.69) is 234 Å². The van der Waals surface area contributed by atoms with E-state index in [9.17, 15) is 0 Å². The van der Waals surface area contributed by atoms with Crippen molar-refractivity contribution in [2.75, 3.05) is 4.90 Å². The van der Waals surface area contributed by atoms with Gasteiger partial charge in [-0.25, -0.2) is 0 Å². The largest absolute Gasteiger partial charge is 0.455 e. The Kier molecular flexibility index (Phi) is 8.40. The molecule has 0 saturated heterocycles. The van der Waals surface area contributed by atoms with Gasteiger partial charge in [-0.2, -0.15) is 0 Å². The van der Waals surface area contributed by atoms with Gasteiger partial charge in [0.2, 0.25) is 0 Å². The van der Waals surface area contributed by atoms with Crippen molar-refractivity contribution in [2.24, 2.45) is 0 Å². The third-order valence-corrected chi connectivity index (χ3v) is 13.9. The van der Waals surface area contributed by atoms with Gasteiger partial charge in [-0.3, -0.25) is 0 Å². The predicted molar refractivity (Wildman–Crippen MR) is 272 cm³/mol. The Labute approximate surface area is 373 Å². The van der Waals surface area contributed by atoms with Gasteiger partial charge >= 0.3 is 0 Å². The molecular weight excluding hydrogens is 797 g/mol. The van der Waals surface area contributed by atoms with Crippen LogP contribution in [0.25, 0.3) is 103 Å². The monoisotopic (exact) mass is 834 g/mol. The third kappa shape index (κ3) is 5.88. The molecule has 64 heavy (non-hydrogen) atoms. The molecule has 0 bridgehead atoms. The summed E-state index contributed by atoms with van der Waals surface area (Å²) in [6, 6.07) is 83.3. The minimum Gasteiger partial charge on any atom is -0.455 e. The maximum Gasteiger partial charge on any atom is 0.143 e. The van der Waals surface area contributed by atoms with Crippen LogP contribution in [0, 0.1) is 0 Å². The fourth-order valence-electron chi connectivity index (χ4n) is 9.82. The first kappa shape index (κ1) is 36.5. The van der Waals surface area contributed by atoms with E-state index in [0.717, 1.165) is 66.9 Å². The molecule has 300 valence electrons. The van der Waals surface area contributed by atoms with Crippen molar-refractivity contribution in [1.82, 2.24) is 4.57 Å². The van der Waals surface area contributed by atoms with Crippen LogP contribution in [0.15, 0.2) is 235 Å². The predicted octanol–water partition coefficient (Wildman–Crippen LogP) is 17.5. The van der Waals surface area contributed by atoms with Gasteiger partial charge in [0, 0.05) is 64.3 Å². The van der Waals surface area contributed by atoms with Crippen LogP contribution in [0.3, 0.4) is 0 Å². The normalized spacial score (nSPS) is 11.8. The lowest BCUT2D eigenvalue weighted by Crippen LogP contribution is -2.10. The van der Waals surface area contributed by atoms with Gasteiger partial charge in [0.25, 0.3) is 0 Å². The number of aromatic nitrogens is 1. The van der Waals surface area contributed by atoms with Gasteiger partial charge in [0.1, 0.15) is 11.2 Å². The minimum absolute atomic E-state index is 0.892. The number of furan rings is 1. The fraction of sp³-hybridized carbons (Fsp3) is 0. The molecular formula is C60H38N2OS. The van der Waals surface area contributed by atoms with Crippen molar-refractivity contribution in [2.45, 2.75) is 0 Å². The molecule has 0 amide bonds. The van der Waals surface area contributed by atoms with E-state index < -0.39 is 0 Å². The van der Waals surface area contributed by atoms with Crippen molar-refractivity contribution in [3.05, 3.63) is 231 Å². The number of hydrogen-bond donors (Lipinski definition) is 0. The lowest BCUT2D eigenvalue weighted by Gasteiger charge is -2.27. The molecule has 0 saturated carbocycles. The highest BCUT2D eigenvalue weighted by Crippen LogP contribution is 2.46. The average molecular weight is 835 g/mol. The van der Waals surface area contributed by atoms with Crippen LogP contribution < -0.4 is 4.90 Å². The van der Waals surface area contributed by atoms with E-state index in [1.807, 2.05) is 17.4 Å². The molecule has 0 aliphatic heterocycles. The molecule has 0 spiro atoms. The summed E-state index contributed by atoms with van der Waals surface area (Å²) in [6.07, 6.45) is 0. The van der Waals surface area contributed by atoms with E-state index in [4.69, 9.17) is 4.42 Å². The van der Waals surface area contributed by atoms with Crippen LogP contribution in [0.1, 0.15) is 0 Å². The summed E-state index contributed by atoms with van der Waals surface area (Å²) in [6.45, 7) is 0. The zero-order valence-electron chi connectivity index (χ0n) is 34.7. The molecule has 13 rings (SSSR count). The lowest BCUT2D eigenvalue weighted by molar-refractivity contribution is 0.670. The van der Waals surface area contributed by atoms with Crippen molar-refractivity contribution < 1.29 is 4.42 Å². The van der Waals surface area contributed by atoms with E-state index in [-0.39, 0.29) is 0 Å². The zero-order valence-corrected chi connectivity index (χ0v) is 35.5. The number of nitrogens with zero attached hydrogens (tertiary/aromatic N) is 2. The summed E-state index contributed by atoms with van der Waals surface area (Å²) >= 11 is 1.85. The molecule has 10 aromatic carbocycles. The van der Waals surface area contributed by atoms with Crippen LogP contribution in [0.2, 0.25) is 0 Å². The maximum atomic E-state index is 6.52. The van der Waals surface area contributed by atoms with Crippen LogP contribution in [-0.4, -0.2) is 4.57 Å². The Balaban J connectivity index is 0.901. The highest BCUT2D eigenvalue weighted by Gasteiger charge is 2.20. The summed E-state index contributed by atoms with van der Waals surface area (Å²) in [5.74, 6) is 0. The summed E-state index contributed by atoms with van der Waals surface area (Å²) in [5.41, 5.74) is 15.6. The smallest absolute Gasteiger partial charge is 0.143 e. The van der Waals surface area contributed by atoms with E-state index >= 15 is 0 Å². The first-order valence-electron chi connectivity index (χ1n) is 21.7. The molecule has 4 heteroatoms. The highest BCUT2D eigenvalue weighted by atomic mass is 32.1. The molecule has 0 radical (unpaired) electrons. The average Bonchev–Trinajstić information content (AvgIpc) is 4.05. The first-order valence-corrected chi connectivity index (χ1v) is 22.6. The molecule has 0 aliphatic rings. The van der Waals surface area contributed by atoms with Crippen LogP contribution in [-0.2, 0) is 0 Å². The van der Waals surface area contributed by atoms with Crippen molar-refractivity contribution in [3.63, 3.8) is 0 Å². The molecule has 0 unspecified atom stereocenters. The Morgan fingerprint density at radius 1 is 0.375 bits per heavy atom. The molecule has 0 atom stereocenters. The van der Waals surface area contributed by atoms with Gasteiger partial charge in [0.05, 0.1) is 16.7 Å². The van der Waals surface area contributed by atoms with E-state index in [1.165, 1.54) is 53.1 Å². The van der Waals surface area contributed by atoms with Crippen molar-refractivity contribution >= 4 is 92.3 Å². The number of anilines is 3. The van der Waals surface area contributed by atoms with E-state index in [0.29, 0.717) is 0 Å². The van der Waals surface area contributed by atoms with Crippen LogP contribution in [0.5, 0.6) is 0 Å².